The van der Waals surface area contributed by atoms with Gasteiger partial charge in [0.25, 0.3) is 0 Å². The number of sulfonamides is 1. The monoisotopic (exact) mass is 698 g/mol. The molecule has 3 rings (SSSR count). The topological polar surface area (TPSA) is 84.9 Å². The van der Waals surface area contributed by atoms with E-state index in [9.17, 15) is 13.2 Å². The summed E-state index contributed by atoms with van der Waals surface area (Å²) in [4.78, 5) is 13.9. The van der Waals surface area contributed by atoms with E-state index in [0.717, 1.165) is 11.8 Å². The van der Waals surface area contributed by atoms with Crippen LogP contribution >= 0.6 is 0 Å². The second kappa shape index (κ2) is 11.9. The molecule has 0 bridgehead atoms. The summed E-state index contributed by atoms with van der Waals surface area (Å²) in [6, 6.07) is 21.2. The third-order valence-corrected chi connectivity index (χ3v) is 5.56. The number of hydrogen-bond donors (Lipinski definition) is 1. The number of nitrogens with one attached hydrogen (secondary N) is 1. The third kappa shape index (κ3) is 8.03. The summed E-state index contributed by atoms with van der Waals surface area (Å²) in [6.07, 6.45) is 1.06. The van der Waals surface area contributed by atoms with E-state index in [2.05, 4.69) is 4.72 Å². The Morgan fingerprint density at radius 2 is 1.61 bits per heavy atom. The molecule has 0 aromatic heterocycles. The molecule has 0 aliphatic rings. The van der Waals surface area contributed by atoms with Crippen LogP contribution in [-0.4, -0.2) is 69.9 Å². The maximum Gasteiger partial charge on any atom is 0 e. The summed E-state index contributed by atoms with van der Waals surface area (Å²) >= 11 is 1.59. The van der Waals surface area contributed by atoms with E-state index in [1.807, 2.05) is 37.3 Å². The largest absolute Gasteiger partial charge is 0 e. The minimum atomic E-state index is -3.54. The Kier molecular flexibility index (Phi) is 9.78. The van der Waals surface area contributed by atoms with Gasteiger partial charge < -0.3 is 0 Å². The number of nitrogens with zero attached hydrogens (tertiary/aromatic N) is 1. The Morgan fingerprint density at radius 3 is 2.18 bits per heavy atom. The molecule has 33 heavy (non-hydrogen) atoms. The van der Waals surface area contributed by atoms with E-state index in [1.165, 1.54) is 11.8 Å². The zero-order valence-corrected chi connectivity index (χ0v) is 23.6. The number of benzene rings is 3. The van der Waals surface area contributed by atoms with E-state index in [0.29, 0.717) is 21.0 Å². The average Bonchev–Trinajstić information content (AvgIpc) is 2.71. The van der Waals surface area contributed by atoms with Gasteiger partial charge in [0.05, 0.1) is 0 Å². The van der Waals surface area contributed by atoms with Crippen molar-refractivity contribution < 1.29 is 22.7 Å². The molecule has 0 unspecified atom stereocenters. The Bertz CT molecular complexity index is 1230. The normalized spacial score (nSPS) is 10.5. The Hall–Kier alpha value is -2.07. The van der Waals surface area contributed by atoms with Crippen molar-refractivity contribution in [3.63, 3.8) is 0 Å². The molecule has 1 N–H and O–H groups in total. The Morgan fingerprint density at radius 1 is 0.970 bits per heavy atom. The number of aryl methyl sites for hydroxylation is 1. The smallest absolute Gasteiger partial charge is 0 e. The number of rotatable bonds is 8. The molecule has 0 saturated heterocycles. The molecular formula is C23H22N2O5STe2. The SMILES string of the molecule is CC(=O)N(C(=[Te])Oc1ccc(C)cc1)c1ccc(NS(C)(=O)=O)c(Oc2ccccc2)c1.[Te]. The second-order valence-corrected chi connectivity index (χ2v) is 9.75. The zero-order valence-electron chi connectivity index (χ0n) is 18.1. The summed E-state index contributed by atoms with van der Waals surface area (Å²) in [6.45, 7) is 3.40. The minimum absolute atomic E-state index is 0. The fourth-order valence-corrected chi connectivity index (χ4v) is 4.31. The van der Waals surface area contributed by atoms with E-state index < -0.39 is 10.0 Å². The van der Waals surface area contributed by atoms with Crippen LogP contribution in [0.15, 0.2) is 72.8 Å². The van der Waals surface area contributed by atoms with Crippen LogP contribution in [-0.2, 0) is 14.8 Å². The van der Waals surface area contributed by atoms with Gasteiger partial charge in [-0.15, -0.1) is 0 Å². The van der Waals surface area contributed by atoms with Gasteiger partial charge in [-0.3, -0.25) is 0 Å². The fourth-order valence-electron chi connectivity index (χ4n) is 2.80. The Balaban J connectivity index is 0.00000385. The van der Waals surface area contributed by atoms with Crippen molar-refractivity contribution in [2.75, 3.05) is 15.9 Å². The van der Waals surface area contributed by atoms with Gasteiger partial charge >= 0.3 is 201 Å². The van der Waals surface area contributed by atoms with E-state index in [-0.39, 0.29) is 41.0 Å². The van der Waals surface area contributed by atoms with Crippen molar-refractivity contribution in [1.29, 1.82) is 0 Å². The molecule has 0 heterocycles. The van der Waals surface area contributed by atoms with Gasteiger partial charge in [-0.25, -0.2) is 0 Å². The molecule has 0 saturated carbocycles. The van der Waals surface area contributed by atoms with Crippen LogP contribution in [0.25, 0.3) is 0 Å². The average molecular weight is 694 g/mol. The molecule has 0 aliphatic carbocycles. The summed E-state index contributed by atoms with van der Waals surface area (Å²) in [5.74, 6) is 1.09. The van der Waals surface area contributed by atoms with Gasteiger partial charge in [0.2, 0.25) is 0 Å². The van der Waals surface area contributed by atoms with Crippen molar-refractivity contribution in [2.45, 2.75) is 13.8 Å². The first kappa shape index (κ1) is 27.2. The van der Waals surface area contributed by atoms with Crippen molar-refractivity contribution in [2.24, 2.45) is 0 Å². The number of ether oxygens (including phenoxy) is 2. The first-order valence-electron chi connectivity index (χ1n) is 9.56. The molecule has 0 atom stereocenters. The maximum absolute atomic E-state index is 12.5. The fraction of sp³-hybridized carbons (Fsp3) is 0.130. The van der Waals surface area contributed by atoms with Gasteiger partial charge in [0.15, 0.2) is 0 Å². The number of amides is 1. The summed E-state index contributed by atoms with van der Waals surface area (Å²) in [5.41, 5.74) is 1.81. The van der Waals surface area contributed by atoms with Crippen LogP contribution in [0.4, 0.5) is 11.4 Å². The molecule has 3 aromatic rings. The molecule has 0 spiro atoms. The van der Waals surface area contributed by atoms with Crippen LogP contribution in [0.5, 0.6) is 17.2 Å². The standard InChI is InChI=1S/C23H22N2O5STe.Te/c1-16-9-12-20(13-10-16)30-23(32)25(17(2)26)18-11-14-21(24-31(3,27)28)22(15-18)29-19-7-5-4-6-8-19;/h4-15,24H,1-3H3;. The van der Waals surface area contributed by atoms with Crippen LogP contribution in [0.1, 0.15) is 12.5 Å². The third-order valence-electron chi connectivity index (χ3n) is 4.21. The van der Waals surface area contributed by atoms with Crippen LogP contribution in [0, 0.1) is 6.92 Å². The molecule has 172 valence electrons. The molecular weight excluding hydrogens is 672 g/mol. The van der Waals surface area contributed by atoms with Gasteiger partial charge in [-0.2, -0.15) is 0 Å². The van der Waals surface area contributed by atoms with Crippen LogP contribution < -0.4 is 19.1 Å². The Labute approximate surface area is 223 Å². The summed E-state index contributed by atoms with van der Waals surface area (Å²) in [7, 11) is -3.54. The van der Waals surface area contributed by atoms with E-state index in [1.54, 1.807) is 64.3 Å². The quantitative estimate of drug-likeness (QED) is 0.366. The van der Waals surface area contributed by atoms with Gasteiger partial charge in [-0.1, -0.05) is 0 Å². The van der Waals surface area contributed by atoms with Crippen LogP contribution in [0.3, 0.4) is 0 Å². The number of para-hydroxylation sites is 1. The van der Waals surface area contributed by atoms with Crippen molar-refractivity contribution in [3.8, 4) is 17.2 Å². The molecule has 10 heteroatoms. The summed E-state index contributed by atoms with van der Waals surface area (Å²) in [5, 5.41) is 0. The maximum atomic E-state index is 12.5. The number of carbonyl (C=O) groups is 1. The first-order valence-corrected chi connectivity index (χ1v) is 12.6. The number of anilines is 2. The first-order chi connectivity index (χ1) is 15.1. The van der Waals surface area contributed by atoms with Gasteiger partial charge in [-0.05, 0) is 0 Å². The van der Waals surface area contributed by atoms with Crippen molar-refractivity contribution in [1.82, 2.24) is 0 Å². The molecule has 7 nitrogen and oxygen atoms in total. The predicted molar refractivity (Wildman–Crippen MR) is 133 cm³/mol. The van der Waals surface area contributed by atoms with Crippen LogP contribution in [0.2, 0.25) is 0 Å². The number of carbonyl (C=O) groups excluding carboxylic acids is 1. The summed E-state index contributed by atoms with van der Waals surface area (Å²) < 4.78 is 38.2. The van der Waals surface area contributed by atoms with Gasteiger partial charge in [0.1, 0.15) is 0 Å². The van der Waals surface area contributed by atoms with Crippen molar-refractivity contribution in [3.05, 3.63) is 78.4 Å². The van der Waals surface area contributed by atoms with E-state index in [4.69, 9.17) is 9.47 Å². The second-order valence-electron chi connectivity index (χ2n) is 7.01. The molecule has 0 fully saturated rings. The van der Waals surface area contributed by atoms with Gasteiger partial charge in [0, 0.05) is 23.7 Å². The molecule has 0 aliphatic heterocycles. The predicted octanol–water partition coefficient (Wildman–Crippen LogP) is 3.47. The van der Waals surface area contributed by atoms with E-state index >= 15 is 0 Å². The van der Waals surface area contributed by atoms with Crippen molar-refractivity contribution >= 4 is 76.7 Å². The molecule has 1 amide bonds. The molecule has 3 aromatic carbocycles. The zero-order chi connectivity index (χ0) is 23.3. The minimum Gasteiger partial charge on any atom is 0 e. The molecule has 2 radical (unpaired) electrons. The number of hydrogen-bond acceptors (Lipinski definition) is 5.